The zero-order valence-corrected chi connectivity index (χ0v) is 12.2. The predicted molar refractivity (Wildman–Crippen MR) is 81.7 cm³/mol. The third-order valence-corrected chi connectivity index (χ3v) is 4.56. The maximum atomic E-state index is 12.9. The van der Waals surface area contributed by atoms with Crippen molar-refractivity contribution in [1.29, 1.82) is 0 Å². The molecule has 3 atom stereocenters. The van der Waals surface area contributed by atoms with Gasteiger partial charge >= 0.3 is 0 Å². The van der Waals surface area contributed by atoms with E-state index < -0.39 is 0 Å². The minimum absolute atomic E-state index is 0.0300. The Bertz CT molecular complexity index is 567. The monoisotopic (exact) mass is 284 g/mol. The van der Waals surface area contributed by atoms with Crippen molar-refractivity contribution in [1.82, 2.24) is 5.32 Å². The van der Waals surface area contributed by atoms with Crippen LogP contribution in [-0.4, -0.2) is 25.4 Å². The molecule has 0 unspecified atom stereocenters. The summed E-state index contributed by atoms with van der Waals surface area (Å²) < 4.78 is 0. The molecule has 0 spiro atoms. The van der Waals surface area contributed by atoms with Crippen molar-refractivity contribution in [3.8, 4) is 0 Å². The van der Waals surface area contributed by atoms with Gasteiger partial charge in [0.05, 0.1) is 11.8 Å². The Morgan fingerprint density at radius 2 is 2.05 bits per heavy atom. The highest BCUT2D eigenvalue weighted by Crippen LogP contribution is 2.38. The smallest absolute Gasteiger partial charge is 0.231 e. The summed E-state index contributed by atoms with van der Waals surface area (Å²) in [7, 11) is 1.64. The number of hydrogen-bond acceptors (Lipinski definition) is 2. The molecule has 4 heteroatoms. The van der Waals surface area contributed by atoms with Crippen LogP contribution in [0.5, 0.6) is 0 Å². The normalized spacial score (nSPS) is 28.1. The van der Waals surface area contributed by atoms with Gasteiger partial charge in [-0.05, 0) is 30.9 Å². The van der Waals surface area contributed by atoms with Gasteiger partial charge in [-0.1, -0.05) is 30.4 Å². The summed E-state index contributed by atoms with van der Waals surface area (Å²) in [5, 5.41) is 2.70. The average molecular weight is 284 g/mol. The Hall–Kier alpha value is -2.10. The lowest BCUT2D eigenvalue weighted by Gasteiger charge is -2.41. The van der Waals surface area contributed by atoms with E-state index in [0.29, 0.717) is 6.42 Å². The summed E-state index contributed by atoms with van der Waals surface area (Å²) in [6, 6.07) is 9.71. The van der Waals surface area contributed by atoms with Crippen molar-refractivity contribution >= 4 is 17.5 Å². The van der Waals surface area contributed by atoms with Crippen molar-refractivity contribution in [2.45, 2.75) is 12.8 Å². The number of carbonyl (C=O) groups is 2. The van der Waals surface area contributed by atoms with Gasteiger partial charge < -0.3 is 10.2 Å². The van der Waals surface area contributed by atoms with Crippen molar-refractivity contribution in [2.24, 2.45) is 17.8 Å². The minimum Gasteiger partial charge on any atom is -0.359 e. The number of carbonyl (C=O) groups excluding carboxylic acids is 2. The second kappa shape index (κ2) is 5.72. The van der Waals surface area contributed by atoms with E-state index in [-0.39, 0.29) is 29.6 Å². The summed E-state index contributed by atoms with van der Waals surface area (Å²) in [4.78, 5) is 26.8. The van der Waals surface area contributed by atoms with Crippen LogP contribution >= 0.6 is 0 Å². The molecule has 1 aromatic rings. The second-order valence-corrected chi connectivity index (χ2v) is 5.69. The Kier molecular flexibility index (Phi) is 3.78. The predicted octanol–water partition coefficient (Wildman–Crippen LogP) is 1.98. The number of piperidine rings is 1. The minimum atomic E-state index is -0.246. The first-order valence-electron chi connectivity index (χ1n) is 7.47. The molecule has 1 heterocycles. The van der Waals surface area contributed by atoms with E-state index in [1.54, 1.807) is 7.05 Å². The Balaban J connectivity index is 1.90. The maximum Gasteiger partial charge on any atom is 0.231 e. The van der Waals surface area contributed by atoms with Gasteiger partial charge in [-0.3, -0.25) is 9.59 Å². The number of nitrogens with zero attached hydrogens (tertiary/aromatic N) is 1. The molecule has 1 fully saturated rings. The topological polar surface area (TPSA) is 49.4 Å². The molecule has 2 aliphatic rings. The van der Waals surface area contributed by atoms with Gasteiger partial charge in [0.15, 0.2) is 0 Å². The highest BCUT2D eigenvalue weighted by molar-refractivity contribution is 5.99. The summed E-state index contributed by atoms with van der Waals surface area (Å²) in [5.74, 6) is -0.241. The molecule has 0 bridgehead atoms. The van der Waals surface area contributed by atoms with E-state index in [2.05, 4.69) is 11.4 Å². The Morgan fingerprint density at radius 1 is 1.29 bits per heavy atom. The quantitative estimate of drug-likeness (QED) is 0.844. The lowest BCUT2D eigenvalue weighted by molar-refractivity contribution is -0.136. The Labute approximate surface area is 124 Å². The number of amides is 2. The first kappa shape index (κ1) is 13.9. The third-order valence-electron chi connectivity index (χ3n) is 4.56. The van der Waals surface area contributed by atoms with Gasteiger partial charge in [-0.15, -0.1) is 0 Å². The molecule has 1 aliphatic carbocycles. The molecule has 0 saturated carbocycles. The molecule has 0 radical (unpaired) electrons. The van der Waals surface area contributed by atoms with Crippen LogP contribution in [0.3, 0.4) is 0 Å². The van der Waals surface area contributed by atoms with E-state index in [1.807, 2.05) is 41.3 Å². The maximum absolute atomic E-state index is 12.9. The molecule has 0 aromatic heterocycles. The Morgan fingerprint density at radius 3 is 2.76 bits per heavy atom. The lowest BCUT2D eigenvalue weighted by atomic mass is 9.71. The van der Waals surface area contributed by atoms with Crippen molar-refractivity contribution in [3.05, 3.63) is 42.5 Å². The summed E-state index contributed by atoms with van der Waals surface area (Å²) in [5.41, 5.74) is 0.922. The molecule has 21 heavy (non-hydrogen) atoms. The highest BCUT2D eigenvalue weighted by Gasteiger charge is 2.44. The fraction of sp³-hybridized carbons (Fsp3) is 0.412. The highest BCUT2D eigenvalue weighted by atomic mass is 16.2. The molecule has 2 amide bonds. The first-order chi connectivity index (χ1) is 10.2. The zero-order valence-electron chi connectivity index (χ0n) is 12.2. The number of anilines is 1. The van der Waals surface area contributed by atoms with Crippen LogP contribution in [0, 0.1) is 17.8 Å². The third kappa shape index (κ3) is 2.46. The van der Waals surface area contributed by atoms with Gasteiger partial charge in [0, 0.05) is 19.3 Å². The van der Waals surface area contributed by atoms with Gasteiger partial charge in [-0.25, -0.2) is 0 Å². The SMILES string of the molecule is CNC(=O)[C@@H]1CC=C[C@@H]2CCN(c3ccccc3)C(=O)[C@@H]21. The van der Waals surface area contributed by atoms with Crippen LogP contribution < -0.4 is 10.2 Å². The summed E-state index contributed by atoms with van der Waals surface area (Å²) in [6.45, 7) is 0.717. The number of para-hydroxylation sites is 1. The van der Waals surface area contributed by atoms with Crippen LogP contribution in [0.2, 0.25) is 0 Å². The number of nitrogens with one attached hydrogen (secondary N) is 1. The molecular formula is C17H20N2O2. The van der Waals surface area contributed by atoms with E-state index >= 15 is 0 Å². The number of allylic oxidation sites excluding steroid dienone is 2. The fourth-order valence-corrected chi connectivity index (χ4v) is 3.48. The van der Waals surface area contributed by atoms with Gasteiger partial charge in [0.1, 0.15) is 0 Å². The van der Waals surface area contributed by atoms with Gasteiger partial charge in [0.2, 0.25) is 11.8 Å². The largest absolute Gasteiger partial charge is 0.359 e. The van der Waals surface area contributed by atoms with Crippen LogP contribution in [0.15, 0.2) is 42.5 Å². The zero-order chi connectivity index (χ0) is 14.8. The number of rotatable bonds is 2. The molecule has 1 aromatic carbocycles. The lowest BCUT2D eigenvalue weighted by Crippen LogP contribution is -2.51. The second-order valence-electron chi connectivity index (χ2n) is 5.69. The molecule has 1 N–H and O–H groups in total. The molecule has 1 saturated heterocycles. The number of benzene rings is 1. The van der Waals surface area contributed by atoms with E-state index in [1.165, 1.54) is 0 Å². The van der Waals surface area contributed by atoms with Crippen LogP contribution in [0.4, 0.5) is 5.69 Å². The summed E-state index contributed by atoms with van der Waals surface area (Å²) in [6.07, 6.45) is 5.72. The molecular weight excluding hydrogens is 264 g/mol. The van der Waals surface area contributed by atoms with Crippen molar-refractivity contribution in [3.63, 3.8) is 0 Å². The fourth-order valence-electron chi connectivity index (χ4n) is 3.48. The van der Waals surface area contributed by atoms with Gasteiger partial charge in [-0.2, -0.15) is 0 Å². The standard InChI is InChI=1S/C17H20N2O2/c1-18-16(20)14-9-5-6-12-10-11-19(17(21)15(12)14)13-7-3-2-4-8-13/h2-8,12,14-15H,9-11H2,1H3,(H,18,20)/t12-,14-,15+/m1/s1. The molecule has 1 aliphatic heterocycles. The van der Waals surface area contributed by atoms with E-state index in [9.17, 15) is 9.59 Å². The molecule has 110 valence electrons. The van der Waals surface area contributed by atoms with Gasteiger partial charge in [0.25, 0.3) is 0 Å². The van der Waals surface area contributed by atoms with Crippen LogP contribution in [-0.2, 0) is 9.59 Å². The van der Waals surface area contributed by atoms with E-state index in [0.717, 1.165) is 18.7 Å². The summed E-state index contributed by atoms with van der Waals surface area (Å²) >= 11 is 0. The number of fused-ring (bicyclic) bond motifs is 1. The number of hydrogen-bond donors (Lipinski definition) is 1. The van der Waals surface area contributed by atoms with Crippen LogP contribution in [0.25, 0.3) is 0 Å². The van der Waals surface area contributed by atoms with Crippen molar-refractivity contribution in [2.75, 3.05) is 18.5 Å². The average Bonchev–Trinajstić information content (AvgIpc) is 2.55. The van der Waals surface area contributed by atoms with Crippen LogP contribution in [0.1, 0.15) is 12.8 Å². The molecule has 3 rings (SSSR count). The first-order valence-corrected chi connectivity index (χ1v) is 7.47. The molecule has 4 nitrogen and oxygen atoms in total. The van der Waals surface area contributed by atoms with E-state index in [4.69, 9.17) is 0 Å². The van der Waals surface area contributed by atoms with Crippen molar-refractivity contribution < 1.29 is 9.59 Å².